The number of hydrogen-bond donors (Lipinski definition) is 0. The first-order valence-corrected chi connectivity index (χ1v) is 27.4. The Bertz CT molecular complexity index is 1480. The lowest BCUT2D eigenvalue weighted by Crippen LogP contribution is -2.30. The van der Waals surface area contributed by atoms with E-state index >= 15 is 0 Å². The van der Waals surface area contributed by atoms with Crippen LogP contribution in [0, 0.1) is 0 Å². The van der Waals surface area contributed by atoms with Crippen molar-refractivity contribution in [2.45, 2.75) is 219 Å². The van der Waals surface area contributed by atoms with Gasteiger partial charge < -0.3 is 14.2 Å². The number of hydrogen-bond acceptors (Lipinski definition) is 5. The maximum atomic E-state index is 12.8. The van der Waals surface area contributed by atoms with Gasteiger partial charge in [-0.1, -0.05) is 218 Å². The van der Waals surface area contributed by atoms with E-state index in [0.717, 1.165) is 122 Å². The summed E-state index contributed by atoms with van der Waals surface area (Å²) in [6.07, 6.45) is 83.0. The standard InChI is InChI=1S/C63H100O5/c1-4-7-10-13-16-19-22-25-28-31-32-34-35-38-41-44-47-50-53-56-62(64)67-60-61(59-66-58-55-52-49-46-43-40-37-30-27-24-21-18-15-12-9-6-3)68-63(65)57-54-51-48-45-42-39-36-33-29-26-23-20-17-14-11-8-5-2/h7,9-10,12,16-21,25-30,32,34,38,40-41,43,47,50,61H,4-6,8,11,13-15,22-24,31,33,35-37,39,42,44-46,48-49,51-60H2,1-3H3/b10-7-,12-9-,19-16-,20-17-,21-18-,28-25-,29-26-,30-27-,34-32-,41-38-,43-40-,50-47-. The van der Waals surface area contributed by atoms with Crippen LogP contribution in [0.5, 0.6) is 0 Å². The van der Waals surface area contributed by atoms with E-state index in [9.17, 15) is 9.59 Å². The molecular formula is C63H100O5. The lowest BCUT2D eigenvalue weighted by molar-refractivity contribution is -0.162. The second kappa shape index (κ2) is 57.1. The van der Waals surface area contributed by atoms with Crippen molar-refractivity contribution in [2.75, 3.05) is 19.8 Å². The molecule has 0 aromatic heterocycles. The Morgan fingerprint density at radius 1 is 0.338 bits per heavy atom. The number of allylic oxidation sites excluding steroid dienone is 24. The summed E-state index contributed by atoms with van der Waals surface area (Å²) >= 11 is 0. The summed E-state index contributed by atoms with van der Waals surface area (Å²) < 4.78 is 17.3. The molecule has 0 radical (unpaired) electrons. The maximum absolute atomic E-state index is 12.8. The molecule has 5 nitrogen and oxygen atoms in total. The minimum atomic E-state index is -0.599. The van der Waals surface area contributed by atoms with E-state index in [1.54, 1.807) is 0 Å². The van der Waals surface area contributed by atoms with Crippen LogP contribution in [0.15, 0.2) is 146 Å². The van der Waals surface area contributed by atoms with E-state index in [1.165, 1.54) is 51.4 Å². The zero-order chi connectivity index (χ0) is 49.2. The number of unbranched alkanes of at least 4 members (excludes halogenated alkanes) is 13. The molecular weight excluding hydrogens is 837 g/mol. The van der Waals surface area contributed by atoms with Gasteiger partial charge in [0.1, 0.15) is 6.61 Å². The Kier molecular flexibility index (Phi) is 53.6. The molecule has 0 aromatic carbocycles. The lowest BCUT2D eigenvalue weighted by Gasteiger charge is -2.18. The highest BCUT2D eigenvalue weighted by molar-refractivity contribution is 5.70. The highest BCUT2D eigenvalue weighted by Crippen LogP contribution is 2.12. The molecule has 0 N–H and O–H groups in total. The molecule has 0 amide bonds. The molecule has 382 valence electrons. The van der Waals surface area contributed by atoms with Crippen LogP contribution in [-0.2, 0) is 23.8 Å². The molecule has 0 aromatic rings. The molecule has 1 atom stereocenters. The van der Waals surface area contributed by atoms with E-state index in [0.29, 0.717) is 19.4 Å². The normalized spacial score (nSPS) is 13.4. The monoisotopic (exact) mass is 937 g/mol. The molecule has 0 aliphatic heterocycles. The fourth-order valence-corrected chi connectivity index (χ4v) is 6.85. The van der Waals surface area contributed by atoms with Crippen LogP contribution < -0.4 is 0 Å². The summed E-state index contributed by atoms with van der Waals surface area (Å²) in [7, 11) is 0. The van der Waals surface area contributed by atoms with Gasteiger partial charge in [0.25, 0.3) is 0 Å². The van der Waals surface area contributed by atoms with Gasteiger partial charge in [-0.25, -0.2) is 0 Å². The number of ether oxygens (including phenoxy) is 3. The molecule has 0 aliphatic carbocycles. The minimum Gasteiger partial charge on any atom is -0.462 e. The van der Waals surface area contributed by atoms with Crippen LogP contribution in [0.4, 0.5) is 0 Å². The van der Waals surface area contributed by atoms with Gasteiger partial charge >= 0.3 is 11.9 Å². The Labute approximate surface area is 419 Å². The summed E-state index contributed by atoms with van der Waals surface area (Å²) in [5.74, 6) is -0.532. The first-order chi connectivity index (χ1) is 33.6. The Morgan fingerprint density at radius 2 is 0.691 bits per heavy atom. The number of carbonyl (C=O) groups is 2. The number of esters is 2. The van der Waals surface area contributed by atoms with Crippen molar-refractivity contribution in [3.63, 3.8) is 0 Å². The van der Waals surface area contributed by atoms with E-state index in [4.69, 9.17) is 14.2 Å². The van der Waals surface area contributed by atoms with E-state index in [2.05, 4.69) is 161 Å². The molecule has 0 rings (SSSR count). The number of rotatable bonds is 48. The summed E-state index contributed by atoms with van der Waals surface area (Å²) in [6, 6.07) is 0. The molecule has 0 heterocycles. The Balaban J connectivity index is 4.50. The van der Waals surface area contributed by atoms with Gasteiger partial charge in [-0.3, -0.25) is 9.59 Å². The zero-order valence-corrected chi connectivity index (χ0v) is 43.8. The lowest BCUT2D eigenvalue weighted by atomic mass is 10.1. The quantitative estimate of drug-likeness (QED) is 0.0346. The smallest absolute Gasteiger partial charge is 0.306 e. The SMILES string of the molecule is CC/C=C\C/C=C\C/C=C\C/C=C\C/C=C\C/C=C\CCC(=O)OCC(COCCCCC/C=C\C/C=C\C/C=C\C/C=C\CC)OC(=O)CCCCCCCCC/C=C\C/C=C\CCCCC. The summed E-state index contributed by atoms with van der Waals surface area (Å²) in [4.78, 5) is 25.5. The average Bonchev–Trinajstić information content (AvgIpc) is 3.34. The van der Waals surface area contributed by atoms with Crippen LogP contribution in [0.3, 0.4) is 0 Å². The van der Waals surface area contributed by atoms with Gasteiger partial charge in [-0.15, -0.1) is 0 Å². The topological polar surface area (TPSA) is 61.8 Å². The van der Waals surface area contributed by atoms with Crippen LogP contribution in [-0.4, -0.2) is 37.9 Å². The van der Waals surface area contributed by atoms with Crippen molar-refractivity contribution in [2.24, 2.45) is 0 Å². The molecule has 68 heavy (non-hydrogen) atoms. The van der Waals surface area contributed by atoms with Crippen molar-refractivity contribution < 1.29 is 23.8 Å². The zero-order valence-electron chi connectivity index (χ0n) is 43.8. The summed E-state index contributed by atoms with van der Waals surface area (Å²) in [5.41, 5.74) is 0. The third-order valence-electron chi connectivity index (χ3n) is 10.9. The first-order valence-electron chi connectivity index (χ1n) is 27.4. The minimum absolute atomic E-state index is 0.0189. The molecule has 0 saturated carbocycles. The molecule has 0 aliphatic rings. The highest BCUT2D eigenvalue weighted by Gasteiger charge is 2.17. The van der Waals surface area contributed by atoms with E-state index in [1.807, 2.05) is 6.08 Å². The van der Waals surface area contributed by atoms with Gasteiger partial charge in [-0.05, 0) is 128 Å². The second-order valence-corrected chi connectivity index (χ2v) is 17.4. The van der Waals surface area contributed by atoms with Crippen LogP contribution in [0.2, 0.25) is 0 Å². The summed E-state index contributed by atoms with van der Waals surface area (Å²) in [6.45, 7) is 7.40. The van der Waals surface area contributed by atoms with Crippen molar-refractivity contribution in [3.8, 4) is 0 Å². The van der Waals surface area contributed by atoms with Gasteiger partial charge in [0.05, 0.1) is 6.61 Å². The molecule has 0 bridgehead atoms. The van der Waals surface area contributed by atoms with E-state index < -0.39 is 6.10 Å². The maximum Gasteiger partial charge on any atom is 0.306 e. The predicted molar refractivity (Wildman–Crippen MR) is 297 cm³/mol. The van der Waals surface area contributed by atoms with Gasteiger partial charge in [0.15, 0.2) is 6.10 Å². The fourth-order valence-electron chi connectivity index (χ4n) is 6.85. The third kappa shape index (κ3) is 54.4. The van der Waals surface area contributed by atoms with Crippen LogP contribution in [0.25, 0.3) is 0 Å². The van der Waals surface area contributed by atoms with Crippen molar-refractivity contribution in [1.29, 1.82) is 0 Å². The molecule has 5 heteroatoms. The van der Waals surface area contributed by atoms with Gasteiger partial charge in [0.2, 0.25) is 0 Å². The van der Waals surface area contributed by atoms with Crippen LogP contribution in [0.1, 0.15) is 213 Å². The van der Waals surface area contributed by atoms with Crippen LogP contribution >= 0.6 is 0 Å². The van der Waals surface area contributed by atoms with Crippen molar-refractivity contribution in [1.82, 2.24) is 0 Å². The highest BCUT2D eigenvalue weighted by atomic mass is 16.6. The third-order valence-corrected chi connectivity index (χ3v) is 10.9. The molecule has 0 spiro atoms. The molecule has 1 unspecified atom stereocenters. The first kappa shape index (κ1) is 63.8. The van der Waals surface area contributed by atoms with E-state index in [-0.39, 0.29) is 31.6 Å². The fraction of sp³-hybridized carbons (Fsp3) is 0.587. The number of carbonyl (C=O) groups excluding carboxylic acids is 2. The predicted octanol–water partition coefficient (Wildman–Crippen LogP) is 18.9. The van der Waals surface area contributed by atoms with Crippen molar-refractivity contribution >= 4 is 11.9 Å². The average molecular weight is 937 g/mol. The molecule has 0 saturated heterocycles. The summed E-state index contributed by atoms with van der Waals surface area (Å²) in [5, 5.41) is 0. The molecule has 0 fully saturated rings. The van der Waals surface area contributed by atoms with Gasteiger partial charge in [-0.2, -0.15) is 0 Å². The van der Waals surface area contributed by atoms with Gasteiger partial charge in [0, 0.05) is 19.4 Å². The Hall–Kier alpha value is -4.22. The van der Waals surface area contributed by atoms with Crippen molar-refractivity contribution in [3.05, 3.63) is 146 Å². The second-order valence-electron chi connectivity index (χ2n) is 17.4. The Morgan fingerprint density at radius 3 is 1.12 bits per heavy atom. The largest absolute Gasteiger partial charge is 0.462 e.